The molecule has 0 unspecified atom stereocenters. The third-order valence-electron chi connectivity index (χ3n) is 9.69. The molecule has 7 rings (SSSR count). The van der Waals surface area contributed by atoms with E-state index in [1.165, 1.54) is 0 Å². The normalized spacial score (nSPS) is 26.4. The molecular weight excluding hydrogens is 599 g/mol. The van der Waals surface area contributed by atoms with E-state index in [9.17, 15) is 17.6 Å². The summed E-state index contributed by atoms with van der Waals surface area (Å²) in [5.41, 5.74) is 5.54. The van der Waals surface area contributed by atoms with Crippen LogP contribution in [0.25, 0.3) is 22.0 Å². The fourth-order valence-corrected chi connectivity index (χ4v) is 7.70. The average Bonchev–Trinajstić information content (AvgIpc) is 3.18. The number of hydrogen-bond acceptors (Lipinski definition) is 9. The van der Waals surface area contributed by atoms with Crippen molar-refractivity contribution in [3.05, 3.63) is 35.0 Å². The van der Waals surface area contributed by atoms with Crippen molar-refractivity contribution >= 4 is 22.3 Å². The van der Waals surface area contributed by atoms with Crippen molar-refractivity contribution in [2.45, 2.75) is 69.6 Å². The van der Waals surface area contributed by atoms with E-state index in [0.29, 0.717) is 54.8 Å². The Labute approximate surface area is 256 Å². The number of nitrogens with zero attached hydrogens (tertiary/aromatic N) is 4. The Kier molecular flexibility index (Phi) is 7.06. The summed E-state index contributed by atoms with van der Waals surface area (Å²) in [6, 6.07) is 1.62. The minimum absolute atomic E-state index is 0.00817. The number of rotatable bonds is 6. The third-order valence-corrected chi connectivity index (χ3v) is 9.69. The number of nitrogens with one attached hydrogen (secondary N) is 1. The average molecular weight is 635 g/mol. The maximum absolute atomic E-state index is 17.0. The summed E-state index contributed by atoms with van der Waals surface area (Å²) in [7, 11) is 1.64. The number of aryl methyl sites for hydroxylation is 1. The van der Waals surface area contributed by atoms with Crippen LogP contribution in [0.1, 0.15) is 43.9 Å². The number of nitrogens with two attached hydrogens (primary N) is 1. The lowest BCUT2D eigenvalue weighted by Crippen LogP contribution is -2.66. The lowest BCUT2D eigenvalue weighted by atomic mass is 9.89. The van der Waals surface area contributed by atoms with Gasteiger partial charge in [-0.3, -0.25) is 4.90 Å². The predicted molar refractivity (Wildman–Crippen MR) is 158 cm³/mol. The number of fused-ring (bicyclic) bond motifs is 5. The van der Waals surface area contributed by atoms with Gasteiger partial charge in [-0.1, -0.05) is 0 Å². The molecule has 2 bridgehead atoms. The molecule has 4 aliphatic heterocycles. The van der Waals surface area contributed by atoms with E-state index < -0.39 is 41.1 Å². The molecule has 0 spiro atoms. The number of aromatic nitrogens is 2. The summed E-state index contributed by atoms with van der Waals surface area (Å²) >= 11 is 0. The maximum Gasteiger partial charge on any atom is 0.573 e. The number of piperazine rings is 1. The van der Waals surface area contributed by atoms with Crippen molar-refractivity contribution in [1.82, 2.24) is 20.2 Å². The zero-order valence-electron chi connectivity index (χ0n) is 25.4. The van der Waals surface area contributed by atoms with Gasteiger partial charge in [-0.15, -0.1) is 13.2 Å². The van der Waals surface area contributed by atoms with Crippen LogP contribution in [0.4, 0.5) is 33.5 Å². The van der Waals surface area contributed by atoms with Crippen LogP contribution in [0.2, 0.25) is 0 Å². The van der Waals surface area contributed by atoms with Crippen molar-refractivity contribution in [3.63, 3.8) is 0 Å². The molecule has 3 fully saturated rings. The zero-order valence-corrected chi connectivity index (χ0v) is 25.4. The molecule has 9 nitrogen and oxygen atoms in total. The van der Waals surface area contributed by atoms with Gasteiger partial charge in [0, 0.05) is 67.9 Å². The SMILES string of the molecule is COCCN1CC(c2nc3c4c(nc(-c5cc(N)cc(F)c5OC(F)(F)F)c(F)c4c2C)O[C@@H](C)[C@@H]2[C@@H]4CC[C@](C)(CN32)N4)C1. The largest absolute Gasteiger partial charge is 0.573 e. The maximum atomic E-state index is 17.0. The molecule has 0 radical (unpaired) electrons. The Morgan fingerprint density at radius 2 is 1.93 bits per heavy atom. The number of likely N-dealkylation sites (tertiary alicyclic amines) is 1. The molecule has 14 heteroatoms. The molecule has 0 saturated carbocycles. The number of pyridine rings is 2. The molecule has 3 saturated heterocycles. The summed E-state index contributed by atoms with van der Waals surface area (Å²) in [6.07, 6.45) is -3.83. The van der Waals surface area contributed by atoms with Gasteiger partial charge in [-0.25, -0.2) is 18.7 Å². The van der Waals surface area contributed by atoms with Gasteiger partial charge in [0.15, 0.2) is 17.4 Å². The second-order valence-corrected chi connectivity index (χ2v) is 12.9. The van der Waals surface area contributed by atoms with Crippen molar-refractivity contribution in [2.24, 2.45) is 0 Å². The highest BCUT2D eigenvalue weighted by Crippen LogP contribution is 2.49. The van der Waals surface area contributed by atoms with E-state index in [-0.39, 0.29) is 40.5 Å². The number of anilines is 2. The smallest absolute Gasteiger partial charge is 0.472 e. The standard InChI is InChI=1S/C31H35F5N6O3/c1-14-21-22-28(38-24(14)16-11-41(12-16)7-8-43-4)42-13-30(3)6-5-20(40-30)26(42)15(2)44-29(22)39-25(23(21)33)18-9-17(37)10-19(32)27(18)45-31(34,35)36/h9-10,15-16,20,26,40H,5-8,11-13,37H2,1-4H3/t15-,20-,26+,30+/m0/s1. The van der Waals surface area contributed by atoms with E-state index in [1.807, 2.05) is 6.92 Å². The van der Waals surface area contributed by atoms with Gasteiger partial charge in [-0.2, -0.15) is 0 Å². The molecular formula is C31H35F5N6O3. The molecule has 0 aliphatic carbocycles. The highest BCUT2D eigenvalue weighted by atomic mass is 19.4. The minimum Gasteiger partial charge on any atom is -0.472 e. The molecule has 4 atom stereocenters. The van der Waals surface area contributed by atoms with Crippen LogP contribution in [0.3, 0.4) is 0 Å². The number of halogens is 5. The van der Waals surface area contributed by atoms with Gasteiger partial charge in [0.05, 0.1) is 29.3 Å². The van der Waals surface area contributed by atoms with Gasteiger partial charge in [-0.05, 0) is 45.2 Å². The summed E-state index contributed by atoms with van der Waals surface area (Å²) in [4.78, 5) is 14.1. The van der Waals surface area contributed by atoms with Crippen molar-refractivity contribution in [1.29, 1.82) is 0 Å². The van der Waals surface area contributed by atoms with Crippen molar-refractivity contribution in [2.75, 3.05) is 50.5 Å². The first-order chi connectivity index (χ1) is 21.3. The van der Waals surface area contributed by atoms with Crippen LogP contribution < -0.4 is 25.4 Å². The van der Waals surface area contributed by atoms with Crippen molar-refractivity contribution < 1.29 is 36.2 Å². The summed E-state index contributed by atoms with van der Waals surface area (Å²) < 4.78 is 88.0. The van der Waals surface area contributed by atoms with Gasteiger partial charge in [0.25, 0.3) is 0 Å². The second-order valence-electron chi connectivity index (χ2n) is 12.9. The monoisotopic (exact) mass is 634 g/mol. The van der Waals surface area contributed by atoms with Gasteiger partial charge in [0.1, 0.15) is 17.6 Å². The Hall–Kier alpha value is -3.49. The van der Waals surface area contributed by atoms with Crippen LogP contribution in [0, 0.1) is 18.6 Å². The summed E-state index contributed by atoms with van der Waals surface area (Å²) in [5, 5.41) is 4.19. The molecule has 45 heavy (non-hydrogen) atoms. The first-order valence-electron chi connectivity index (χ1n) is 15.1. The Balaban J connectivity index is 1.47. The number of benzene rings is 1. The number of alkyl halides is 3. The number of hydrogen-bond donors (Lipinski definition) is 2. The molecule has 242 valence electrons. The summed E-state index contributed by atoms with van der Waals surface area (Å²) in [6.45, 7) is 9.10. The van der Waals surface area contributed by atoms with E-state index in [0.717, 1.165) is 25.5 Å². The lowest BCUT2D eigenvalue weighted by molar-refractivity contribution is -0.275. The van der Waals surface area contributed by atoms with Crippen LogP contribution in [0.5, 0.6) is 11.6 Å². The Bertz CT molecular complexity index is 1680. The highest BCUT2D eigenvalue weighted by Gasteiger charge is 2.52. The van der Waals surface area contributed by atoms with Gasteiger partial charge < -0.3 is 30.2 Å². The van der Waals surface area contributed by atoms with E-state index in [1.54, 1.807) is 14.0 Å². The highest BCUT2D eigenvalue weighted by molar-refractivity contribution is 6.02. The Morgan fingerprint density at radius 1 is 1.18 bits per heavy atom. The van der Waals surface area contributed by atoms with Gasteiger partial charge >= 0.3 is 6.36 Å². The number of ether oxygens (including phenoxy) is 3. The quantitative estimate of drug-likeness (QED) is 0.290. The van der Waals surface area contributed by atoms with E-state index >= 15 is 4.39 Å². The second kappa shape index (κ2) is 10.5. The molecule has 2 aromatic heterocycles. The molecule has 3 aromatic rings. The van der Waals surface area contributed by atoms with Crippen LogP contribution in [-0.4, -0.2) is 84.9 Å². The van der Waals surface area contributed by atoms with Crippen LogP contribution in [-0.2, 0) is 4.74 Å². The van der Waals surface area contributed by atoms with E-state index in [4.69, 9.17) is 20.2 Å². The molecule has 4 aliphatic rings. The minimum atomic E-state index is -5.25. The zero-order chi connectivity index (χ0) is 32.0. The first-order valence-corrected chi connectivity index (χ1v) is 15.1. The first kappa shape index (κ1) is 30.2. The number of nitrogen functional groups attached to an aromatic ring is 1. The Morgan fingerprint density at radius 3 is 2.64 bits per heavy atom. The third kappa shape index (κ3) is 5.01. The topological polar surface area (TPSA) is 98.0 Å². The van der Waals surface area contributed by atoms with Crippen LogP contribution in [0.15, 0.2) is 12.1 Å². The molecule has 0 amide bonds. The molecule has 3 N–H and O–H groups in total. The summed E-state index contributed by atoms with van der Waals surface area (Å²) in [5.74, 6) is -3.00. The fourth-order valence-electron chi connectivity index (χ4n) is 7.70. The number of methoxy groups -OCH3 is 1. The molecule has 1 aromatic carbocycles. The fraction of sp³-hybridized carbons (Fsp3) is 0.548. The van der Waals surface area contributed by atoms with E-state index in [2.05, 4.69) is 31.8 Å². The van der Waals surface area contributed by atoms with Crippen LogP contribution >= 0.6 is 0 Å². The van der Waals surface area contributed by atoms with Gasteiger partial charge in [0.2, 0.25) is 5.88 Å². The molecule has 6 heterocycles. The van der Waals surface area contributed by atoms with Crippen molar-refractivity contribution in [3.8, 4) is 22.9 Å². The predicted octanol–water partition coefficient (Wildman–Crippen LogP) is 4.89. The lowest BCUT2D eigenvalue weighted by Gasteiger charge is -2.47.